The minimum Gasteiger partial charge on any atom is -0.508 e. The van der Waals surface area contributed by atoms with Crippen LogP contribution in [0.2, 0.25) is 0 Å². The quantitative estimate of drug-likeness (QED) is 0.797. The zero-order chi connectivity index (χ0) is 10.9. The standard InChI is InChI=1S/C7H3BrF4O2/c8-4-1-3(13)2-5(6(4)9)14-7(10,11)12/h1-2,13H. The van der Waals surface area contributed by atoms with Crippen molar-refractivity contribution in [1.82, 2.24) is 0 Å². The zero-order valence-electron chi connectivity index (χ0n) is 6.40. The number of rotatable bonds is 1. The van der Waals surface area contributed by atoms with E-state index in [1.54, 1.807) is 0 Å². The van der Waals surface area contributed by atoms with Gasteiger partial charge in [0.2, 0.25) is 0 Å². The minimum absolute atomic E-state index is 0.309. The van der Waals surface area contributed by atoms with Gasteiger partial charge in [0.25, 0.3) is 0 Å². The highest BCUT2D eigenvalue weighted by atomic mass is 79.9. The molecule has 0 amide bonds. The van der Waals surface area contributed by atoms with E-state index >= 15 is 0 Å². The lowest BCUT2D eigenvalue weighted by Crippen LogP contribution is -2.18. The number of phenols is 1. The molecule has 0 aromatic heterocycles. The van der Waals surface area contributed by atoms with Crippen molar-refractivity contribution >= 4 is 15.9 Å². The van der Waals surface area contributed by atoms with Gasteiger partial charge in [0.1, 0.15) is 5.75 Å². The molecular weight excluding hydrogens is 272 g/mol. The Balaban J connectivity index is 3.09. The average Bonchev–Trinajstić information content (AvgIpc) is 1.96. The van der Waals surface area contributed by atoms with Crippen molar-refractivity contribution in [2.24, 2.45) is 0 Å². The Bertz CT molecular complexity index is 350. The highest BCUT2D eigenvalue weighted by Crippen LogP contribution is 2.33. The SMILES string of the molecule is Oc1cc(Br)c(F)c(OC(F)(F)F)c1. The summed E-state index contributed by atoms with van der Waals surface area (Å²) >= 11 is 2.62. The molecule has 1 aromatic carbocycles. The first-order valence-electron chi connectivity index (χ1n) is 3.23. The maximum Gasteiger partial charge on any atom is 0.573 e. The monoisotopic (exact) mass is 274 g/mol. The van der Waals surface area contributed by atoms with Crippen LogP contribution in [-0.4, -0.2) is 11.5 Å². The van der Waals surface area contributed by atoms with Crippen LogP contribution in [0.4, 0.5) is 17.6 Å². The second kappa shape index (κ2) is 3.64. The Morgan fingerprint density at radius 2 is 1.86 bits per heavy atom. The number of halogens is 5. The van der Waals surface area contributed by atoms with Crippen LogP contribution in [0.3, 0.4) is 0 Å². The van der Waals surface area contributed by atoms with Gasteiger partial charge in [0.05, 0.1) is 4.47 Å². The Morgan fingerprint density at radius 3 is 2.36 bits per heavy atom. The van der Waals surface area contributed by atoms with E-state index in [1.165, 1.54) is 0 Å². The van der Waals surface area contributed by atoms with Crippen LogP contribution < -0.4 is 4.74 Å². The van der Waals surface area contributed by atoms with E-state index in [-0.39, 0.29) is 4.47 Å². The normalized spacial score (nSPS) is 11.5. The number of aromatic hydroxyl groups is 1. The van der Waals surface area contributed by atoms with Crippen molar-refractivity contribution in [3.05, 3.63) is 22.4 Å². The van der Waals surface area contributed by atoms with Gasteiger partial charge in [-0.1, -0.05) is 0 Å². The van der Waals surface area contributed by atoms with Gasteiger partial charge in [-0.15, -0.1) is 13.2 Å². The number of benzene rings is 1. The molecule has 1 rings (SSSR count). The second-order valence-corrected chi connectivity index (χ2v) is 3.14. The van der Waals surface area contributed by atoms with E-state index in [1.807, 2.05) is 0 Å². The Morgan fingerprint density at radius 1 is 1.29 bits per heavy atom. The van der Waals surface area contributed by atoms with Crippen LogP contribution in [0.15, 0.2) is 16.6 Å². The van der Waals surface area contributed by atoms with Gasteiger partial charge in [-0.25, -0.2) is 4.39 Å². The molecule has 78 valence electrons. The molecule has 0 atom stereocenters. The molecule has 0 aliphatic carbocycles. The van der Waals surface area contributed by atoms with E-state index in [0.717, 1.165) is 6.07 Å². The van der Waals surface area contributed by atoms with Crippen LogP contribution in [0, 0.1) is 5.82 Å². The second-order valence-electron chi connectivity index (χ2n) is 2.29. The molecule has 1 aromatic rings. The molecule has 0 heterocycles. The summed E-state index contributed by atoms with van der Waals surface area (Å²) in [7, 11) is 0. The molecule has 0 saturated heterocycles. The van der Waals surface area contributed by atoms with Gasteiger partial charge in [-0.2, -0.15) is 0 Å². The molecule has 0 aliphatic heterocycles. The van der Waals surface area contributed by atoms with E-state index in [0.29, 0.717) is 6.07 Å². The van der Waals surface area contributed by atoms with Gasteiger partial charge in [0.15, 0.2) is 11.6 Å². The first-order valence-corrected chi connectivity index (χ1v) is 4.02. The fourth-order valence-electron chi connectivity index (χ4n) is 0.749. The minimum atomic E-state index is -4.99. The lowest BCUT2D eigenvalue weighted by Gasteiger charge is -2.10. The van der Waals surface area contributed by atoms with E-state index in [9.17, 15) is 17.6 Å². The predicted molar refractivity (Wildman–Crippen MR) is 42.4 cm³/mol. The average molecular weight is 275 g/mol. The molecule has 1 N–H and O–H groups in total. The summed E-state index contributed by atoms with van der Waals surface area (Å²) in [4.78, 5) is 0. The zero-order valence-corrected chi connectivity index (χ0v) is 7.99. The van der Waals surface area contributed by atoms with Crippen LogP contribution in [0.5, 0.6) is 11.5 Å². The van der Waals surface area contributed by atoms with Crippen LogP contribution in [0.1, 0.15) is 0 Å². The number of hydrogen-bond donors (Lipinski definition) is 1. The predicted octanol–water partition coefficient (Wildman–Crippen LogP) is 3.19. The van der Waals surface area contributed by atoms with Gasteiger partial charge in [-0.3, -0.25) is 0 Å². The molecule has 0 aliphatic rings. The van der Waals surface area contributed by atoms with Crippen LogP contribution in [0.25, 0.3) is 0 Å². The van der Waals surface area contributed by atoms with Crippen molar-refractivity contribution < 1.29 is 27.4 Å². The van der Waals surface area contributed by atoms with Gasteiger partial charge in [-0.05, 0) is 22.0 Å². The van der Waals surface area contributed by atoms with Gasteiger partial charge >= 0.3 is 6.36 Å². The molecule has 0 radical (unpaired) electrons. The van der Waals surface area contributed by atoms with Crippen molar-refractivity contribution in [3.8, 4) is 11.5 Å². The number of alkyl halides is 3. The lowest BCUT2D eigenvalue weighted by molar-refractivity contribution is -0.275. The fourth-order valence-corrected chi connectivity index (χ4v) is 1.18. The Labute approximate surface area is 84.2 Å². The topological polar surface area (TPSA) is 29.5 Å². The smallest absolute Gasteiger partial charge is 0.508 e. The number of phenolic OH excluding ortho intramolecular Hbond substituents is 1. The summed E-state index contributed by atoms with van der Waals surface area (Å²) in [6.07, 6.45) is -4.99. The molecule has 2 nitrogen and oxygen atoms in total. The molecule has 0 bridgehead atoms. The molecule has 0 unspecified atom stereocenters. The van der Waals surface area contributed by atoms with E-state index < -0.39 is 23.7 Å². The fraction of sp³-hybridized carbons (Fsp3) is 0.143. The van der Waals surface area contributed by atoms with Crippen molar-refractivity contribution in [1.29, 1.82) is 0 Å². The molecule has 14 heavy (non-hydrogen) atoms. The molecular formula is C7H3BrF4O2. The number of hydrogen-bond acceptors (Lipinski definition) is 2. The maximum atomic E-state index is 12.9. The third kappa shape index (κ3) is 2.76. The summed E-state index contributed by atoms with van der Waals surface area (Å²) in [5.41, 5.74) is 0. The molecule has 0 saturated carbocycles. The molecule has 0 spiro atoms. The molecule has 0 fully saturated rings. The Hall–Kier alpha value is -0.980. The summed E-state index contributed by atoms with van der Waals surface area (Å²) in [6, 6.07) is 1.45. The van der Waals surface area contributed by atoms with Crippen molar-refractivity contribution in [3.63, 3.8) is 0 Å². The summed E-state index contributed by atoms with van der Waals surface area (Å²) in [5, 5.41) is 8.87. The first kappa shape index (κ1) is 11.1. The summed E-state index contributed by atoms with van der Waals surface area (Å²) in [6.45, 7) is 0. The third-order valence-corrected chi connectivity index (χ3v) is 1.78. The largest absolute Gasteiger partial charge is 0.573 e. The summed E-state index contributed by atoms with van der Waals surface area (Å²) in [5.74, 6) is -2.83. The first-order chi connectivity index (χ1) is 6.29. The van der Waals surface area contributed by atoms with Gasteiger partial charge in [0, 0.05) is 6.07 Å². The van der Waals surface area contributed by atoms with E-state index in [4.69, 9.17) is 5.11 Å². The van der Waals surface area contributed by atoms with E-state index in [2.05, 4.69) is 20.7 Å². The third-order valence-electron chi connectivity index (χ3n) is 1.21. The molecule has 7 heteroatoms. The van der Waals surface area contributed by atoms with Crippen molar-refractivity contribution in [2.45, 2.75) is 6.36 Å². The van der Waals surface area contributed by atoms with Crippen LogP contribution >= 0.6 is 15.9 Å². The van der Waals surface area contributed by atoms with Crippen LogP contribution in [-0.2, 0) is 0 Å². The highest BCUT2D eigenvalue weighted by molar-refractivity contribution is 9.10. The lowest BCUT2D eigenvalue weighted by atomic mass is 10.3. The summed E-state index contributed by atoms with van der Waals surface area (Å²) < 4.78 is 51.0. The van der Waals surface area contributed by atoms with Crippen molar-refractivity contribution in [2.75, 3.05) is 0 Å². The highest BCUT2D eigenvalue weighted by Gasteiger charge is 2.33. The number of ether oxygens (including phenoxy) is 1. The maximum absolute atomic E-state index is 12.9. The van der Waals surface area contributed by atoms with Gasteiger partial charge < -0.3 is 9.84 Å². The Kier molecular flexibility index (Phi) is 2.89.